The summed E-state index contributed by atoms with van der Waals surface area (Å²) in [7, 11) is 0. The Morgan fingerprint density at radius 2 is 1.77 bits per heavy atom. The number of hydrogen-bond acceptors (Lipinski definition) is 3. The fraction of sp³-hybridized carbons (Fsp3) is 0.176. The molecule has 0 atom stereocenters. The lowest BCUT2D eigenvalue weighted by atomic mass is 10.2. The van der Waals surface area contributed by atoms with Crippen LogP contribution < -0.4 is 27.7 Å². The number of hydrazone groups is 1. The van der Waals surface area contributed by atoms with Gasteiger partial charge in [-0.05, 0) is 25.1 Å². The summed E-state index contributed by atoms with van der Waals surface area (Å²) in [6.45, 7) is 1.80. The molecule has 1 heterocycles. The first-order chi connectivity index (χ1) is 11.9. The number of aromatic nitrogens is 1. The van der Waals surface area contributed by atoms with E-state index in [-0.39, 0.29) is 37.2 Å². The first kappa shape index (κ1) is 21.9. The second-order valence-corrected chi connectivity index (χ2v) is 6.10. The fourth-order valence-corrected chi connectivity index (χ4v) is 2.25. The molecule has 2 rings (SSSR count). The number of nitrogens with one attached hydrogen (secondary N) is 2. The predicted molar refractivity (Wildman–Crippen MR) is 97.6 cm³/mol. The van der Waals surface area contributed by atoms with Gasteiger partial charge in [0.2, 0.25) is 12.5 Å². The topological polar surface area (TPSA) is 74.4 Å². The third-order valence-corrected chi connectivity index (χ3v) is 3.83. The molecule has 0 unspecified atom stereocenters. The molecule has 0 saturated carbocycles. The summed E-state index contributed by atoms with van der Waals surface area (Å²) < 4.78 is 1.72. The number of amides is 2. The van der Waals surface area contributed by atoms with E-state index in [1.54, 1.807) is 42.1 Å². The molecule has 2 aromatic rings. The van der Waals surface area contributed by atoms with E-state index in [1.165, 1.54) is 0 Å². The number of carbonyl (C=O) groups is 2. The third-order valence-electron chi connectivity index (χ3n) is 3.09. The van der Waals surface area contributed by atoms with Crippen molar-refractivity contribution in [2.75, 3.05) is 5.32 Å². The lowest BCUT2D eigenvalue weighted by Gasteiger charge is -2.06. The van der Waals surface area contributed by atoms with E-state index >= 15 is 0 Å². The van der Waals surface area contributed by atoms with E-state index in [0.717, 1.165) is 0 Å². The number of hydrogen-bond donors (Lipinski definition) is 2. The Balaban J connectivity index is 0.00000338. The van der Waals surface area contributed by atoms with Gasteiger partial charge in [0.25, 0.3) is 0 Å². The minimum Gasteiger partial charge on any atom is -1.00 e. The Labute approximate surface area is 167 Å². The number of rotatable bonds is 6. The van der Waals surface area contributed by atoms with E-state index in [0.29, 0.717) is 21.4 Å². The average molecular weight is 416 g/mol. The van der Waals surface area contributed by atoms with Crippen LogP contribution in [0.25, 0.3) is 0 Å². The Kier molecular flexibility index (Phi) is 9.05. The van der Waals surface area contributed by atoms with Gasteiger partial charge in [-0.25, -0.2) is 5.43 Å². The van der Waals surface area contributed by atoms with Gasteiger partial charge in [-0.15, -0.1) is 0 Å². The van der Waals surface area contributed by atoms with Gasteiger partial charge in [0.1, 0.15) is 0 Å². The van der Waals surface area contributed by atoms with Crippen LogP contribution in [0.15, 0.2) is 53.9 Å². The molecule has 0 fully saturated rings. The van der Waals surface area contributed by atoms with Crippen molar-refractivity contribution in [2.24, 2.45) is 5.10 Å². The molecule has 9 heteroatoms. The number of anilines is 1. The lowest BCUT2D eigenvalue weighted by molar-refractivity contribution is -0.684. The van der Waals surface area contributed by atoms with Crippen LogP contribution in [-0.2, 0) is 16.1 Å². The smallest absolute Gasteiger partial charge is 0.305 e. The van der Waals surface area contributed by atoms with Gasteiger partial charge < -0.3 is 17.7 Å². The van der Waals surface area contributed by atoms with Crippen LogP contribution in [0.5, 0.6) is 0 Å². The molecule has 0 spiro atoms. The summed E-state index contributed by atoms with van der Waals surface area (Å²) in [5.74, 6) is -0.549. The predicted octanol–water partition coefficient (Wildman–Crippen LogP) is -0.194. The molecule has 1 aromatic heterocycles. The molecule has 0 aliphatic heterocycles. The first-order valence-corrected chi connectivity index (χ1v) is 8.20. The molecule has 0 saturated heterocycles. The second kappa shape index (κ2) is 10.8. The van der Waals surface area contributed by atoms with Crippen LogP contribution in [0, 0.1) is 0 Å². The van der Waals surface area contributed by atoms with Gasteiger partial charge in [-0.2, -0.15) is 9.67 Å². The van der Waals surface area contributed by atoms with E-state index in [1.807, 2.05) is 18.2 Å². The molecule has 1 aromatic carbocycles. The molecule has 2 amide bonds. The van der Waals surface area contributed by atoms with Crippen molar-refractivity contribution in [3.63, 3.8) is 0 Å². The minimum atomic E-state index is -0.277. The van der Waals surface area contributed by atoms with Gasteiger partial charge in [0, 0.05) is 23.5 Å². The SMILES string of the molecule is C/C(CC(=O)Nc1ccc(Cl)c(Cl)c1)=N/NC(=O)C[n+]1ccccc1.[Cl-]. The van der Waals surface area contributed by atoms with E-state index in [4.69, 9.17) is 23.2 Å². The second-order valence-electron chi connectivity index (χ2n) is 5.28. The van der Waals surface area contributed by atoms with Crippen molar-refractivity contribution < 1.29 is 26.6 Å². The summed E-state index contributed by atoms with van der Waals surface area (Å²) in [5, 5.41) is 7.39. The van der Waals surface area contributed by atoms with Gasteiger partial charge in [-0.1, -0.05) is 29.3 Å². The van der Waals surface area contributed by atoms with E-state index < -0.39 is 0 Å². The maximum atomic E-state index is 12.0. The average Bonchev–Trinajstić information content (AvgIpc) is 2.57. The zero-order valence-corrected chi connectivity index (χ0v) is 16.1. The zero-order chi connectivity index (χ0) is 18.2. The maximum Gasteiger partial charge on any atom is 0.305 e. The number of halogens is 3. The number of pyridine rings is 1. The summed E-state index contributed by atoms with van der Waals surface area (Å²) in [5.41, 5.74) is 3.44. The number of nitrogens with zero attached hydrogens (tertiary/aromatic N) is 2. The van der Waals surface area contributed by atoms with Crippen LogP contribution in [0.2, 0.25) is 10.0 Å². The molecule has 0 aliphatic rings. The van der Waals surface area contributed by atoms with Crippen molar-refractivity contribution in [3.8, 4) is 0 Å². The molecule has 0 aliphatic carbocycles. The molecule has 0 bridgehead atoms. The van der Waals surface area contributed by atoms with Crippen molar-refractivity contribution in [1.82, 2.24) is 5.43 Å². The van der Waals surface area contributed by atoms with Gasteiger partial charge in [-0.3, -0.25) is 9.59 Å². The highest BCUT2D eigenvalue weighted by Crippen LogP contribution is 2.24. The van der Waals surface area contributed by atoms with Gasteiger partial charge >= 0.3 is 5.91 Å². The van der Waals surface area contributed by atoms with Crippen molar-refractivity contribution >= 4 is 46.4 Å². The van der Waals surface area contributed by atoms with Crippen LogP contribution in [0.1, 0.15) is 13.3 Å². The van der Waals surface area contributed by atoms with Crippen LogP contribution >= 0.6 is 23.2 Å². The molecule has 2 N–H and O–H groups in total. The van der Waals surface area contributed by atoms with Crippen LogP contribution in [0.3, 0.4) is 0 Å². The highest BCUT2D eigenvalue weighted by molar-refractivity contribution is 6.42. The largest absolute Gasteiger partial charge is 1.00 e. The van der Waals surface area contributed by atoms with Crippen LogP contribution in [0.4, 0.5) is 5.69 Å². The van der Waals surface area contributed by atoms with Crippen molar-refractivity contribution in [1.29, 1.82) is 0 Å². The summed E-state index contributed by atoms with van der Waals surface area (Å²) in [6, 6.07) is 10.3. The Hall–Kier alpha value is -2.15. The maximum absolute atomic E-state index is 12.0. The zero-order valence-electron chi connectivity index (χ0n) is 13.9. The van der Waals surface area contributed by atoms with Crippen molar-refractivity contribution in [2.45, 2.75) is 19.9 Å². The quantitative estimate of drug-likeness (QED) is 0.390. The molecule has 138 valence electrons. The first-order valence-electron chi connectivity index (χ1n) is 7.45. The highest BCUT2D eigenvalue weighted by atomic mass is 35.5. The fourth-order valence-electron chi connectivity index (χ4n) is 1.95. The molecular weight excluding hydrogens is 399 g/mol. The highest BCUT2D eigenvalue weighted by Gasteiger charge is 2.09. The van der Waals surface area contributed by atoms with E-state index in [9.17, 15) is 9.59 Å². The number of benzene rings is 1. The molecular formula is C17H17Cl3N4O2. The van der Waals surface area contributed by atoms with Gasteiger partial charge in [0.15, 0.2) is 12.4 Å². The Bertz CT molecular complexity index is 798. The van der Waals surface area contributed by atoms with E-state index in [2.05, 4.69) is 15.8 Å². The molecule has 6 nitrogen and oxygen atoms in total. The minimum absolute atomic E-state index is 0. The van der Waals surface area contributed by atoms with Gasteiger partial charge in [0.05, 0.1) is 16.5 Å². The monoisotopic (exact) mass is 414 g/mol. The number of carbonyl (C=O) groups excluding carboxylic acids is 2. The summed E-state index contributed by atoms with van der Waals surface area (Å²) in [6.07, 6.45) is 3.60. The third kappa shape index (κ3) is 7.39. The molecule has 26 heavy (non-hydrogen) atoms. The lowest BCUT2D eigenvalue weighted by Crippen LogP contribution is -3.00. The summed E-state index contributed by atoms with van der Waals surface area (Å²) in [4.78, 5) is 23.8. The molecule has 0 radical (unpaired) electrons. The normalized spacial score (nSPS) is 10.7. The standard InChI is InChI=1S/C17H16Cl2N4O2.ClH/c1-12(21-22-17(25)11-23-7-3-2-4-8-23)9-16(24)20-13-5-6-14(18)15(19)10-13;/h2-8,10H,9,11H2,1H3,(H-,20,22,24,25);1H/b21-12-;. The summed E-state index contributed by atoms with van der Waals surface area (Å²) >= 11 is 11.7. The Morgan fingerprint density at radius 3 is 2.42 bits per heavy atom. The van der Waals surface area contributed by atoms with Crippen LogP contribution in [-0.4, -0.2) is 17.5 Å². The Morgan fingerprint density at radius 1 is 1.08 bits per heavy atom. The van der Waals surface area contributed by atoms with Crippen molar-refractivity contribution in [3.05, 3.63) is 58.8 Å².